The van der Waals surface area contributed by atoms with Gasteiger partial charge in [0.15, 0.2) is 0 Å². The van der Waals surface area contributed by atoms with Gasteiger partial charge in [0.05, 0.1) is 10.6 Å². The Kier molecular flexibility index (Phi) is 7.09. The lowest BCUT2D eigenvalue weighted by atomic mass is 10.2. The molecule has 1 amide bonds. The van der Waals surface area contributed by atoms with Crippen molar-refractivity contribution in [2.75, 3.05) is 48.5 Å². The van der Waals surface area contributed by atoms with Gasteiger partial charge in [-0.15, -0.1) is 11.8 Å². The van der Waals surface area contributed by atoms with Crippen molar-refractivity contribution in [3.05, 3.63) is 48.0 Å². The summed E-state index contributed by atoms with van der Waals surface area (Å²) in [6, 6.07) is 12.4. The van der Waals surface area contributed by atoms with Gasteiger partial charge in [0.2, 0.25) is 5.91 Å². The van der Waals surface area contributed by atoms with Crippen molar-refractivity contribution in [3.8, 4) is 0 Å². The van der Waals surface area contributed by atoms with Crippen LogP contribution in [0.3, 0.4) is 0 Å². The molecule has 2 aliphatic rings. The van der Waals surface area contributed by atoms with Gasteiger partial charge >= 0.3 is 0 Å². The minimum absolute atomic E-state index is 0.0922. The Balaban J connectivity index is 1.41. The van der Waals surface area contributed by atoms with E-state index in [1.165, 1.54) is 6.07 Å². The predicted octanol–water partition coefficient (Wildman–Crippen LogP) is 3.31. The van der Waals surface area contributed by atoms with E-state index >= 15 is 0 Å². The van der Waals surface area contributed by atoms with Crippen molar-refractivity contribution in [1.29, 1.82) is 0 Å². The molecule has 0 aliphatic carbocycles. The third-order valence-corrected chi connectivity index (χ3v) is 8.69. The summed E-state index contributed by atoms with van der Waals surface area (Å²) < 4.78 is 28.5. The lowest BCUT2D eigenvalue weighted by Gasteiger charge is -2.34. The second-order valence-corrected chi connectivity index (χ2v) is 11.1. The van der Waals surface area contributed by atoms with Crippen LogP contribution in [0.1, 0.15) is 19.4 Å². The van der Waals surface area contributed by atoms with Gasteiger partial charge in [-0.2, -0.15) is 0 Å². The van der Waals surface area contributed by atoms with Gasteiger partial charge in [0, 0.05) is 55.0 Å². The monoisotopic (exact) mass is 474 g/mol. The number of hydrogen-bond donors (Lipinski definition) is 2. The number of sulfonamides is 1. The third-order valence-electron chi connectivity index (χ3n) is 5.98. The lowest BCUT2D eigenvalue weighted by Crippen LogP contribution is -2.45. The van der Waals surface area contributed by atoms with E-state index in [1.807, 2.05) is 19.1 Å². The van der Waals surface area contributed by atoms with E-state index in [0.29, 0.717) is 17.1 Å². The number of thioether (sulfide) groups is 1. The first-order valence-corrected chi connectivity index (χ1v) is 13.4. The summed E-state index contributed by atoms with van der Waals surface area (Å²) in [5.74, 6) is 0.453. The Bertz CT molecular complexity index is 1070. The van der Waals surface area contributed by atoms with Gasteiger partial charge in [0.1, 0.15) is 0 Å². The zero-order valence-corrected chi connectivity index (χ0v) is 20.1. The number of amides is 1. The number of carbonyl (C=O) groups is 1. The number of likely N-dealkylation sites (N-methyl/N-ethyl adjacent to an activating group) is 1. The number of nitrogens with one attached hydrogen (secondary N) is 2. The summed E-state index contributed by atoms with van der Waals surface area (Å²) >= 11 is 1.56. The molecule has 2 aromatic carbocycles. The molecule has 7 nitrogen and oxygen atoms in total. The number of carbonyl (C=O) groups excluding carboxylic acids is 1. The Hall–Kier alpha value is -2.07. The molecule has 1 atom stereocenters. The van der Waals surface area contributed by atoms with Crippen molar-refractivity contribution in [3.63, 3.8) is 0 Å². The highest BCUT2D eigenvalue weighted by atomic mass is 32.2. The van der Waals surface area contributed by atoms with Crippen LogP contribution in [0.5, 0.6) is 0 Å². The summed E-state index contributed by atoms with van der Waals surface area (Å²) in [4.78, 5) is 18.0. The summed E-state index contributed by atoms with van der Waals surface area (Å²) in [5, 5.41) is 2.84. The molecule has 2 N–H and O–H groups in total. The molecular weight excluding hydrogens is 444 g/mol. The Labute approximate surface area is 194 Å². The second kappa shape index (κ2) is 9.82. The van der Waals surface area contributed by atoms with Gasteiger partial charge in [0.25, 0.3) is 10.0 Å². The van der Waals surface area contributed by atoms with Gasteiger partial charge in [-0.25, -0.2) is 8.42 Å². The minimum Gasteiger partial charge on any atom is -0.325 e. The topological polar surface area (TPSA) is 81.8 Å². The zero-order valence-electron chi connectivity index (χ0n) is 18.5. The lowest BCUT2D eigenvalue weighted by molar-refractivity contribution is -0.118. The first-order valence-electron chi connectivity index (χ1n) is 11.0. The van der Waals surface area contributed by atoms with Crippen molar-refractivity contribution in [1.82, 2.24) is 9.80 Å². The van der Waals surface area contributed by atoms with Crippen LogP contribution >= 0.6 is 11.8 Å². The first kappa shape index (κ1) is 23.1. The number of fused-ring (bicyclic) bond motifs is 1. The minimum atomic E-state index is -3.77. The van der Waals surface area contributed by atoms with Crippen LogP contribution in [0.2, 0.25) is 0 Å². The standard InChI is InChI=1S/C23H30N4O3S2/c1-3-26-10-12-27(13-11-26)15-18-4-6-19(7-5-18)25-32(29,30)20-8-9-22-21(14-20)24-23(28)17(2)16-31-22/h4-9,14,17,25H,3,10-13,15-16H2,1-2H3,(H,24,28)/t17-/m0/s1. The molecule has 172 valence electrons. The number of piperazine rings is 1. The normalized spacial score (nSPS) is 20.3. The van der Waals surface area contributed by atoms with Gasteiger partial charge < -0.3 is 10.2 Å². The van der Waals surface area contributed by atoms with E-state index in [0.717, 1.165) is 49.7 Å². The van der Waals surface area contributed by atoms with Crippen molar-refractivity contribution in [2.45, 2.75) is 30.2 Å². The molecular formula is C23H30N4O3S2. The fraction of sp³-hybridized carbons (Fsp3) is 0.435. The molecule has 2 aliphatic heterocycles. The maximum atomic E-state index is 12.9. The molecule has 0 spiro atoms. The van der Waals surface area contributed by atoms with Crippen molar-refractivity contribution >= 4 is 39.1 Å². The number of anilines is 2. The summed E-state index contributed by atoms with van der Waals surface area (Å²) in [6.07, 6.45) is 0. The molecule has 0 unspecified atom stereocenters. The molecule has 9 heteroatoms. The van der Waals surface area contributed by atoms with E-state index in [4.69, 9.17) is 0 Å². The predicted molar refractivity (Wildman–Crippen MR) is 130 cm³/mol. The maximum absolute atomic E-state index is 12.9. The van der Waals surface area contributed by atoms with Crippen LogP contribution in [0.4, 0.5) is 11.4 Å². The van der Waals surface area contributed by atoms with Crippen molar-refractivity contribution < 1.29 is 13.2 Å². The highest BCUT2D eigenvalue weighted by molar-refractivity contribution is 7.99. The van der Waals surface area contributed by atoms with Crippen LogP contribution in [0.25, 0.3) is 0 Å². The Morgan fingerprint density at radius 2 is 1.75 bits per heavy atom. The smallest absolute Gasteiger partial charge is 0.261 e. The van der Waals surface area contributed by atoms with Gasteiger partial charge in [-0.05, 0) is 42.4 Å². The molecule has 0 aromatic heterocycles. The van der Waals surface area contributed by atoms with E-state index in [9.17, 15) is 13.2 Å². The largest absolute Gasteiger partial charge is 0.325 e. The Morgan fingerprint density at radius 3 is 2.44 bits per heavy atom. The van der Waals surface area contributed by atoms with E-state index in [2.05, 4.69) is 26.8 Å². The molecule has 1 saturated heterocycles. The number of hydrogen-bond acceptors (Lipinski definition) is 6. The summed E-state index contributed by atoms with van der Waals surface area (Å²) in [7, 11) is -3.77. The third kappa shape index (κ3) is 5.46. The van der Waals surface area contributed by atoms with Crippen molar-refractivity contribution in [2.24, 2.45) is 5.92 Å². The van der Waals surface area contributed by atoms with Crippen LogP contribution in [-0.2, 0) is 21.4 Å². The number of nitrogens with zero attached hydrogens (tertiary/aromatic N) is 2. The summed E-state index contributed by atoms with van der Waals surface area (Å²) in [6.45, 7) is 10.3. The Morgan fingerprint density at radius 1 is 1.06 bits per heavy atom. The SMILES string of the molecule is CCN1CCN(Cc2ccc(NS(=O)(=O)c3ccc4c(c3)NC(=O)[C@@H](C)CS4)cc2)CC1. The zero-order chi connectivity index (χ0) is 22.7. The van der Waals surface area contributed by atoms with E-state index < -0.39 is 10.0 Å². The molecule has 32 heavy (non-hydrogen) atoms. The highest BCUT2D eigenvalue weighted by Gasteiger charge is 2.23. The quantitative estimate of drug-likeness (QED) is 0.669. The van der Waals surface area contributed by atoms with E-state index in [-0.39, 0.29) is 16.7 Å². The first-order chi connectivity index (χ1) is 15.3. The van der Waals surface area contributed by atoms with Gasteiger partial charge in [-0.3, -0.25) is 14.4 Å². The molecule has 4 rings (SSSR count). The number of rotatable bonds is 6. The van der Waals surface area contributed by atoms with E-state index in [1.54, 1.807) is 36.0 Å². The molecule has 0 radical (unpaired) electrons. The van der Waals surface area contributed by atoms with Crippen LogP contribution in [-0.4, -0.2) is 62.6 Å². The number of benzene rings is 2. The molecule has 0 bridgehead atoms. The summed E-state index contributed by atoms with van der Waals surface area (Å²) in [5.41, 5.74) is 2.23. The van der Waals surface area contributed by atoms with Crippen LogP contribution in [0, 0.1) is 5.92 Å². The maximum Gasteiger partial charge on any atom is 0.261 e. The average molecular weight is 475 g/mol. The fourth-order valence-electron chi connectivity index (χ4n) is 3.86. The molecule has 0 saturated carbocycles. The second-order valence-electron chi connectivity index (χ2n) is 8.37. The molecule has 1 fully saturated rings. The molecule has 2 heterocycles. The van der Waals surface area contributed by atoms with Crippen LogP contribution in [0.15, 0.2) is 52.3 Å². The van der Waals surface area contributed by atoms with Gasteiger partial charge in [-0.1, -0.05) is 26.0 Å². The molecule has 2 aromatic rings. The fourth-order valence-corrected chi connectivity index (χ4v) is 5.96. The highest BCUT2D eigenvalue weighted by Crippen LogP contribution is 2.34. The van der Waals surface area contributed by atoms with Crippen LogP contribution < -0.4 is 10.0 Å². The average Bonchev–Trinajstić information content (AvgIpc) is 2.93.